The van der Waals surface area contributed by atoms with Crippen molar-refractivity contribution in [3.63, 3.8) is 0 Å². The van der Waals surface area contributed by atoms with Crippen LogP contribution in [0.4, 0.5) is 0 Å². The SMILES string of the molecule is Cc1cc(Cc2ncc(Cl)c(Cc3ccccc3S(=O)(=O)C(C)C)n2)c(OC(C)C)cc1C1CCN(CCCOCCOCCCc2cccc3c2C(=O)N(C2CCC(=O)NC2=O)C3=O)CC1. The summed E-state index contributed by atoms with van der Waals surface area (Å²) in [4.78, 5) is 63.7. The van der Waals surface area contributed by atoms with Crippen molar-refractivity contribution in [1.29, 1.82) is 0 Å². The fraction of sp³-hybridized carbons (Fsp3) is 0.490. The quantitative estimate of drug-likeness (QED) is 0.0657. The van der Waals surface area contributed by atoms with Crippen molar-refractivity contribution in [3.05, 3.63) is 116 Å². The van der Waals surface area contributed by atoms with Crippen molar-refractivity contribution in [2.75, 3.05) is 46.1 Å². The number of halogens is 1. The molecule has 4 aromatic rings. The minimum atomic E-state index is -3.50. The van der Waals surface area contributed by atoms with E-state index in [0.29, 0.717) is 84.2 Å². The molecule has 14 nitrogen and oxygen atoms in total. The van der Waals surface area contributed by atoms with Crippen molar-refractivity contribution in [2.45, 2.75) is 121 Å². The number of hydrogen-bond acceptors (Lipinski definition) is 12. The molecule has 3 aliphatic rings. The predicted octanol–water partition coefficient (Wildman–Crippen LogP) is 7.23. The molecule has 0 aliphatic carbocycles. The highest BCUT2D eigenvalue weighted by molar-refractivity contribution is 7.92. The minimum Gasteiger partial charge on any atom is -0.491 e. The predicted molar refractivity (Wildman–Crippen MR) is 254 cm³/mol. The van der Waals surface area contributed by atoms with Gasteiger partial charge in [0, 0.05) is 50.8 Å². The number of imide groups is 2. The first-order chi connectivity index (χ1) is 32.1. The lowest BCUT2D eigenvalue weighted by molar-refractivity contribution is -0.136. The molecule has 0 bridgehead atoms. The van der Waals surface area contributed by atoms with Gasteiger partial charge in [0.15, 0.2) is 9.84 Å². The van der Waals surface area contributed by atoms with Crippen LogP contribution in [-0.2, 0) is 48.2 Å². The minimum absolute atomic E-state index is 0.0306. The van der Waals surface area contributed by atoms with Crippen LogP contribution in [0.2, 0.25) is 5.02 Å². The number of amides is 4. The van der Waals surface area contributed by atoms with E-state index in [1.165, 1.54) is 11.1 Å². The van der Waals surface area contributed by atoms with E-state index < -0.39 is 44.8 Å². The molecule has 7 rings (SSSR count). The number of aryl methyl sites for hydroxylation is 2. The van der Waals surface area contributed by atoms with Crippen molar-refractivity contribution >= 4 is 45.1 Å². The molecule has 1 atom stereocenters. The van der Waals surface area contributed by atoms with Crippen LogP contribution in [0.15, 0.2) is 65.7 Å². The van der Waals surface area contributed by atoms with Crippen LogP contribution in [0.25, 0.3) is 0 Å². The van der Waals surface area contributed by atoms with Gasteiger partial charge in [0.25, 0.3) is 11.8 Å². The largest absolute Gasteiger partial charge is 0.491 e. The number of nitrogens with zero attached hydrogens (tertiary/aromatic N) is 4. The van der Waals surface area contributed by atoms with Crippen LogP contribution in [-0.4, -0.2) is 115 Å². The molecule has 0 saturated carbocycles. The molecule has 1 N–H and O–H groups in total. The monoisotopic (exact) mass is 955 g/mol. The lowest BCUT2D eigenvalue weighted by Gasteiger charge is -2.33. The summed E-state index contributed by atoms with van der Waals surface area (Å²) in [6.45, 7) is 14.6. The Hall–Kier alpha value is -5.06. The first-order valence-electron chi connectivity index (χ1n) is 23.5. The van der Waals surface area contributed by atoms with Gasteiger partial charge in [0.2, 0.25) is 11.8 Å². The van der Waals surface area contributed by atoms with Gasteiger partial charge in [0.05, 0.1) is 51.3 Å². The van der Waals surface area contributed by atoms with Crippen LogP contribution in [0.3, 0.4) is 0 Å². The number of nitrogens with one attached hydrogen (secondary N) is 1. The van der Waals surface area contributed by atoms with E-state index in [0.717, 1.165) is 60.7 Å². The molecular weight excluding hydrogens is 894 g/mol. The average Bonchev–Trinajstić information content (AvgIpc) is 3.55. The lowest BCUT2D eigenvalue weighted by atomic mass is 9.85. The normalized spacial score (nSPS) is 17.2. The van der Waals surface area contributed by atoms with Crippen molar-refractivity contribution in [2.24, 2.45) is 0 Å². The topological polar surface area (TPSA) is 174 Å². The van der Waals surface area contributed by atoms with Gasteiger partial charge in [-0.1, -0.05) is 48.0 Å². The van der Waals surface area contributed by atoms with E-state index in [9.17, 15) is 27.6 Å². The smallest absolute Gasteiger partial charge is 0.262 e. The Morgan fingerprint density at radius 2 is 1.55 bits per heavy atom. The molecule has 1 aromatic heterocycles. The highest BCUT2D eigenvalue weighted by Crippen LogP contribution is 2.36. The molecule has 0 radical (unpaired) electrons. The second-order valence-electron chi connectivity index (χ2n) is 18.2. The fourth-order valence-corrected chi connectivity index (χ4v) is 10.7. The molecule has 67 heavy (non-hydrogen) atoms. The van der Waals surface area contributed by atoms with Crippen LogP contribution in [0.5, 0.6) is 5.75 Å². The summed E-state index contributed by atoms with van der Waals surface area (Å²) in [6, 6.07) is 15.6. The number of rotatable bonds is 21. The Bertz CT molecular complexity index is 2580. The first kappa shape index (κ1) is 49.8. The van der Waals surface area contributed by atoms with Crippen LogP contribution >= 0.6 is 11.6 Å². The summed E-state index contributed by atoms with van der Waals surface area (Å²) in [7, 11) is -3.50. The van der Waals surface area contributed by atoms with E-state index in [1.54, 1.807) is 44.3 Å². The third-order valence-electron chi connectivity index (χ3n) is 12.7. The zero-order valence-electron chi connectivity index (χ0n) is 39.1. The number of fused-ring (bicyclic) bond motifs is 1. The van der Waals surface area contributed by atoms with Gasteiger partial charge in [-0.15, -0.1) is 0 Å². The Morgan fingerprint density at radius 3 is 2.27 bits per heavy atom. The summed E-state index contributed by atoms with van der Waals surface area (Å²) in [5.74, 6) is -0.203. The molecule has 0 spiro atoms. The molecule has 4 heterocycles. The van der Waals surface area contributed by atoms with Gasteiger partial charge < -0.3 is 19.1 Å². The van der Waals surface area contributed by atoms with Gasteiger partial charge in [-0.05, 0) is 133 Å². The van der Waals surface area contributed by atoms with Crippen LogP contribution in [0.1, 0.15) is 132 Å². The third-order valence-corrected chi connectivity index (χ3v) is 15.3. The molecule has 1 unspecified atom stereocenters. The van der Waals surface area contributed by atoms with Gasteiger partial charge in [0.1, 0.15) is 17.6 Å². The van der Waals surface area contributed by atoms with Gasteiger partial charge >= 0.3 is 0 Å². The molecule has 358 valence electrons. The van der Waals surface area contributed by atoms with Gasteiger partial charge in [-0.2, -0.15) is 0 Å². The Morgan fingerprint density at radius 1 is 0.836 bits per heavy atom. The Kier molecular flexibility index (Phi) is 16.6. The fourth-order valence-electron chi connectivity index (χ4n) is 9.23. The second kappa shape index (κ2) is 22.4. The maximum Gasteiger partial charge on any atom is 0.262 e. The Balaban J connectivity index is 0.833. The Labute approximate surface area is 399 Å². The second-order valence-corrected chi connectivity index (χ2v) is 21.1. The zero-order chi connectivity index (χ0) is 47.8. The van der Waals surface area contributed by atoms with E-state index in [2.05, 4.69) is 34.3 Å². The summed E-state index contributed by atoms with van der Waals surface area (Å²) in [5.41, 5.74) is 6.08. The number of benzene rings is 3. The number of likely N-dealkylation sites (tertiary alicyclic amines) is 1. The van der Waals surface area contributed by atoms with Crippen molar-refractivity contribution in [3.8, 4) is 5.75 Å². The number of piperidine rings is 2. The van der Waals surface area contributed by atoms with E-state index in [-0.39, 0.29) is 30.9 Å². The number of sulfone groups is 1. The summed E-state index contributed by atoms with van der Waals surface area (Å²) in [6.07, 6.45) is 6.66. The zero-order valence-corrected chi connectivity index (χ0v) is 40.7. The van der Waals surface area contributed by atoms with Gasteiger partial charge in [-0.3, -0.25) is 29.4 Å². The number of ether oxygens (including phenoxy) is 3. The highest BCUT2D eigenvalue weighted by Gasteiger charge is 2.45. The van der Waals surface area contributed by atoms with E-state index in [1.807, 2.05) is 32.0 Å². The van der Waals surface area contributed by atoms with E-state index >= 15 is 0 Å². The summed E-state index contributed by atoms with van der Waals surface area (Å²) in [5, 5.41) is 2.07. The van der Waals surface area contributed by atoms with Crippen LogP contribution in [0, 0.1) is 6.92 Å². The number of carbonyl (C=O) groups is 4. The number of hydrogen-bond donors (Lipinski definition) is 1. The number of aromatic nitrogens is 2. The standard InChI is InChI=1S/C51H62ClN5O9S/c1-32(2)66-44-30-40(34(5)27-38(44)29-46-53-31-41(52)42(54-46)28-37-11-6-7-15-45(37)67(62,63)33(3)4)35-18-21-56(22-19-35)20-10-24-65-26-25-64-23-9-13-36-12-8-14-39-48(36)51(61)57(50(39)60)43-16-17-47(58)55-49(43)59/h6-8,11-12,14-15,27,30-33,35,43H,9-10,13,16-26,28-29H2,1-5H3,(H,55,58,59). The first-order valence-corrected chi connectivity index (χ1v) is 25.4. The molecule has 4 amide bonds. The molecule has 3 aliphatic heterocycles. The summed E-state index contributed by atoms with van der Waals surface area (Å²) >= 11 is 6.60. The molecular formula is C51H62ClN5O9S. The molecule has 16 heteroatoms. The van der Waals surface area contributed by atoms with Crippen molar-refractivity contribution < 1.29 is 41.8 Å². The van der Waals surface area contributed by atoms with Crippen molar-refractivity contribution in [1.82, 2.24) is 25.1 Å². The van der Waals surface area contributed by atoms with Crippen LogP contribution < -0.4 is 10.1 Å². The lowest BCUT2D eigenvalue weighted by Crippen LogP contribution is -2.54. The summed E-state index contributed by atoms with van der Waals surface area (Å²) < 4.78 is 44.4. The third kappa shape index (κ3) is 12.0. The maximum absolute atomic E-state index is 13.4. The molecule has 2 saturated heterocycles. The van der Waals surface area contributed by atoms with E-state index in [4.69, 9.17) is 30.8 Å². The van der Waals surface area contributed by atoms with Gasteiger partial charge in [-0.25, -0.2) is 18.4 Å². The molecule has 2 fully saturated rings. The average molecular weight is 957 g/mol. The number of carbonyl (C=O) groups excluding carboxylic acids is 4. The molecule has 3 aromatic carbocycles. The maximum atomic E-state index is 13.4. The highest BCUT2D eigenvalue weighted by atomic mass is 35.5.